The van der Waals surface area contributed by atoms with Gasteiger partial charge < -0.3 is 20.1 Å². The predicted molar refractivity (Wildman–Crippen MR) is 135 cm³/mol. The average molecular weight is 469 g/mol. The molecule has 2 aromatic rings. The molecule has 2 amide bonds. The van der Waals surface area contributed by atoms with E-state index in [4.69, 9.17) is 4.52 Å². The number of hydrogen-bond acceptors (Lipinski definition) is 5. The van der Waals surface area contributed by atoms with Crippen molar-refractivity contribution in [3.63, 3.8) is 0 Å². The Bertz CT molecular complexity index is 951. The van der Waals surface area contributed by atoms with Crippen molar-refractivity contribution in [1.82, 2.24) is 15.8 Å². The number of hydrogen-bond donors (Lipinski definition) is 2. The Labute approximate surface area is 203 Å². The molecule has 2 heterocycles. The molecule has 0 fully saturated rings. The van der Waals surface area contributed by atoms with Crippen LogP contribution in [0.15, 0.2) is 29.0 Å². The number of benzene rings is 1. The third-order valence-corrected chi connectivity index (χ3v) is 6.21. The minimum absolute atomic E-state index is 0.0831. The van der Waals surface area contributed by atoms with Crippen LogP contribution in [0.2, 0.25) is 0 Å². The van der Waals surface area contributed by atoms with Crippen molar-refractivity contribution in [1.29, 1.82) is 0 Å². The van der Waals surface area contributed by atoms with Crippen LogP contribution in [0.25, 0.3) is 0 Å². The Morgan fingerprint density at radius 2 is 1.88 bits per heavy atom. The lowest BCUT2D eigenvalue weighted by molar-refractivity contribution is -0.121. The number of nitrogens with one attached hydrogen (secondary N) is 2. The summed E-state index contributed by atoms with van der Waals surface area (Å²) in [7, 11) is 0. The van der Waals surface area contributed by atoms with Gasteiger partial charge in [0.05, 0.1) is 5.69 Å². The van der Waals surface area contributed by atoms with Crippen molar-refractivity contribution in [2.24, 2.45) is 11.8 Å². The molecule has 0 unspecified atom stereocenters. The van der Waals surface area contributed by atoms with Gasteiger partial charge in [0.1, 0.15) is 6.26 Å². The maximum absolute atomic E-state index is 13.0. The van der Waals surface area contributed by atoms with Crippen molar-refractivity contribution < 1.29 is 14.1 Å². The van der Waals surface area contributed by atoms with Crippen LogP contribution in [0.5, 0.6) is 0 Å². The molecule has 0 atom stereocenters. The van der Waals surface area contributed by atoms with Crippen LogP contribution < -0.4 is 15.5 Å². The molecule has 186 valence electrons. The first kappa shape index (κ1) is 25.9. The fraction of sp³-hybridized carbons (Fsp3) is 0.593. The van der Waals surface area contributed by atoms with E-state index in [2.05, 4.69) is 29.6 Å². The molecule has 34 heavy (non-hydrogen) atoms. The van der Waals surface area contributed by atoms with Crippen LogP contribution in [0.4, 0.5) is 5.69 Å². The number of aromatic nitrogens is 1. The molecule has 0 aliphatic carbocycles. The Kier molecular flexibility index (Phi) is 9.69. The minimum Gasteiger partial charge on any atom is -0.364 e. The largest absolute Gasteiger partial charge is 0.364 e. The summed E-state index contributed by atoms with van der Waals surface area (Å²) in [6, 6.07) is 5.68. The summed E-state index contributed by atoms with van der Waals surface area (Å²) in [6.45, 7) is 10.8. The van der Waals surface area contributed by atoms with Crippen molar-refractivity contribution in [3.8, 4) is 0 Å². The minimum atomic E-state index is -0.146. The second-order valence-corrected chi connectivity index (χ2v) is 10.00. The highest BCUT2D eigenvalue weighted by molar-refractivity contribution is 5.98. The second-order valence-electron chi connectivity index (χ2n) is 10.00. The zero-order chi connectivity index (χ0) is 24.5. The molecule has 2 N–H and O–H groups in total. The smallest absolute Gasteiger partial charge is 0.251 e. The molecule has 0 radical (unpaired) electrons. The van der Waals surface area contributed by atoms with Gasteiger partial charge in [0.2, 0.25) is 5.91 Å². The summed E-state index contributed by atoms with van der Waals surface area (Å²) in [5, 5.41) is 10.6. The summed E-state index contributed by atoms with van der Waals surface area (Å²) in [6.07, 6.45) is 8.07. The van der Waals surface area contributed by atoms with Gasteiger partial charge in [-0.05, 0) is 55.5 Å². The van der Waals surface area contributed by atoms with Crippen LogP contribution in [-0.4, -0.2) is 30.1 Å². The van der Waals surface area contributed by atoms with E-state index in [0.717, 1.165) is 54.7 Å². The van der Waals surface area contributed by atoms with Crippen molar-refractivity contribution >= 4 is 17.5 Å². The lowest BCUT2D eigenvalue weighted by Crippen LogP contribution is -2.36. The Hall–Kier alpha value is -2.67. The van der Waals surface area contributed by atoms with Crippen molar-refractivity contribution in [2.75, 3.05) is 18.0 Å². The van der Waals surface area contributed by atoms with Crippen LogP contribution in [0, 0.1) is 11.8 Å². The first-order valence-electron chi connectivity index (χ1n) is 12.7. The average Bonchev–Trinajstić information content (AvgIpc) is 3.23. The molecular formula is C27H40N4O3. The number of amides is 2. The number of carbonyl (C=O) groups is 2. The SMILES string of the molecule is CC(C)Cc1nocc1CNC(=O)c1ccc2c(c1)CNCCCCCCCN2C(=O)C(C)C. The number of rotatable bonds is 6. The molecule has 0 bridgehead atoms. The fourth-order valence-electron chi connectivity index (χ4n) is 4.32. The molecule has 0 saturated carbocycles. The summed E-state index contributed by atoms with van der Waals surface area (Å²) < 4.78 is 5.13. The van der Waals surface area contributed by atoms with Crippen LogP contribution in [-0.2, 0) is 24.3 Å². The van der Waals surface area contributed by atoms with Gasteiger partial charge in [-0.1, -0.05) is 52.1 Å². The summed E-state index contributed by atoms with van der Waals surface area (Å²) in [4.78, 5) is 28.0. The van der Waals surface area contributed by atoms with Crippen LogP contribution in [0.3, 0.4) is 0 Å². The van der Waals surface area contributed by atoms with E-state index in [0.29, 0.717) is 31.1 Å². The molecule has 0 spiro atoms. The number of fused-ring (bicyclic) bond motifs is 1. The number of nitrogens with zero attached hydrogens (tertiary/aromatic N) is 2. The fourth-order valence-corrected chi connectivity index (χ4v) is 4.32. The van der Waals surface area contributed by atoms with E-state index in [1.54, 1.807) is 6.26 Å². The molecule has 7 heteroatoms. The molecule has 1 aromatic carbocycles. The first-order chi connectivity index (χ1) is 16.4. The maximum atomic E-state index is 13.0. The maximum Gasteiger partial charge on any atom is 0.251 e. The quantitative estimate of drug-likeness (QED) is 0.633. The number of carbonyl (C=O) groups excluding carboxylic acids is 2. The van der Waals surface area contributed by atoms with Gasteiger partial charge in [0, 0.05) is 42.4 Å². The van der Waals surface area contributed by atoms with Gasteiger partial charge in [-0.3, -0.25) is 9.59 Å². The zero-order valence-electron chi connectivity index (χ0n) is 21.2. The number of anilines is 1. The Balaban J connectivity index is 1.80. The monoisotopic (exact) mass is 468 g/mol. The highest BCUT2D eigenvalue weighted by atomic mass is 16.5. The zero-order valence-corrected chi connectivity index (χ0v) is 21.2. The Morgan fingerprint density at radius 1 is 1.12 bits per heavy atom. The van der Waals surface area contributed by atoms with Gasteiger partial charge in [-0.25, -0.2) is 0 Å². The highest BCUT2D eigenvalue weighted by Gasteiger charge is 2.22. The summed E-state index contributed by atoms with van der Waals surface area (Å²) in [5.74, 6) is 0.354. The molecule has 1 aliphatic heterocycles. The van der Waals surface area contributed by atoms with E-state index >= 15 is 0 Å². The van der Waals surface area contributed by atoms with E-state index < -0.39 is 0 Å². The van der Waals surface area contributed by atoms with Crippen LogP contribution in [0.1, 0.15) is 87.0 Å². The molecule has 1 aliphatic rings. The van der Waals surface area contributed by atoms with Gasteiger partial charge >= 0.3 is 0 Å². The molecular weight excluding hydrogens is 428 g/mol. The van der Waals surface area contributed by atoms with E-state index in [-0.39, 0.29) is 17.7 Å². The topological polar surface area (TPSA) is 87.5 Å². The Morgan fingerprint density at radius 3 is 2.65 bits per heavy atom. The lowest BCUT2D eigenvalue weighted by Gasteiger charge is -2.28. The summed E-state index contributed by atoms with van der Waals surface area (Å²) >= 11 is 0. The van der Waals surface area contributed by atoms with Gasteiger partial charge in [-0.15, -0.1) is 0 Å². The van der Waals surface area contributed by atoms with E-state index in [1.807, 2.05) is 36.9 Å². The van der Waals surface area contributed by atoms with Gasteiger partial charge in [0.15, 0.2) is 0 Å². The molecule has 1 aromatic heterocycles. The highest BCUT2D eigenvalue weighted by Crippen LogP contribution is 2.26. The predicted octanol–water partition coefficient (Wildman–Crippen LogP) is 4.85. The molecule has 7 nitrogen and oxygen atoms in total. The third kappa shape index (κ3) is 7.16. The van der Waals surface area contributed by atoms with Crippen molar-refractivity contribution in [3.05, 3.63) is 46.8 Å². The second kappa shape index (κ2) is 12.7. The summed E-state index contributed by atoms with van der Waals surface area (Å²) in [5.41, 5.74) is 4.27. The normalized spacial score (nSPS) is 15.5. The van der Waals surface area contributed by atoms with E-state index in [1.165, 1.54) is 12.8 Å². The lowest BCUT2D eigenvalue weighted by atomic mass is 10.0. The first-order valence-corrected chi connectivity index (χ1v) is 12.7. The standard InChI is InChI=1S/C27H40N4O3/c1-19(2)14-24-23(18-34-30-24)17-29-26(32)21-10-11-25-22(15-21)16-28-12-8-6-5-7-9-13-31(25)27(33)20(3)4/h10-11,15,18-20,28H,5-9,12-14,16-17H2,1-4H3,(H,29,32). The van der Waals surface area contributed by atoms with Crippen molar-refractivity contribution in [2.45, 2.75) is 79.3 Å². The van der Waals surface area contributed by atoms with E-state index in [9.17, 15) is 9.59 Å². The third-order valence-electron chi connectivity index (χ3n) is 6.21. The van der Waals surface area contributed by atoms with Gasteiger partial charge in [-0.2, -0.15) is 0 Å². The molecule has 3 rings (SSSR count). The van der Waals surface area contributed by atoms with Gasteiger partial charge in [0.25, 0.3) is 5.91 Å². The molecule has 0 saturated heterocycles. The van der Waals surface area contributed by atoms with Crippen LogP contribution >= 0.6 is 0 Å².